The van der Waals surface area contributed by atoms with Crippen molar-refractivity contribution in [3.63, 3.8) is 0 Å². The van der Waals surface area contributed by atoms with E-state index in [-0.39, 0.29) is 11.3 Å². The van der Waals surface area contributed by atoms with E-state index in [4.69, 9.17) is 15.0 Å². The Morgan fingerprint density at radius 2 is 1.02 bits per heavy atom. The Labute approximate surface area is 322 Å². The third kappa shape index (κ3) is 5.30. The van der Waals surface area contributed by atoms with Gasteiger partial charge in [-0.3, -0.25) is 0 Å². The average molecular weight is 706 g/mol. The van der Waals surface area contributed by atoms with Crippen LogP contribution in [0.4, 0.5) is 0 Å². The van der Waals surface area contributed by atoms with Crippen LogP contribution < -0.4 is 0 Å². The number of hydrogen-bond donors (Lipinski definition) is 0. The highest BCUT2D eigenvalue weighted by Crippen LogP contribution is 2.60. The van der Waals surface area contributed by atoms with Gasteiger partial charge >= 0.3 is 0 Å². The number of rotatable bonds is 6. The maximum absolute atomic E-state index is 5.11. The van der Waals surface area contributed by atoms with E-state index in [1.165, 1.54) is 38.9 Å². The van der Waals surface area contributed by atoms with Crippen LogP contribution in [-0.2, 0) is 5.41 Å². The lowest BCUT2D eigenvalue weighted by molar-refractivity contribution is 0.453. The van der Waals surface area contributed by atoms with E-state index in [1.54, 1.807) is 0 Å². The smallest absolute Gasteiger partial charge is 0.164 e. The summed E-state index contributed by atoms with van der Waals surface area (Å²) in [5.74, 6) is 2.54. The third-order valence-electron chi connectivity index (χ3n) is 11.9. The minimum absolute atomic E-state index is 0.255. The molecule has 0 saturated heterocycles. The molecule has 0 bridgehead atoms. The van der Waals surface area contributed by atoms with E-state index in [1.807, 2.05) is 18.2 Å². The molecule has 1 aromatic heterocycles. The average Bonchev–Trinajstić information content (AvgIpc) is 3.54. The highest BCUT2D eigenvalue weighted by atomic mass is 15.0. The van der Waals surface area contributed by atoms with Gasteiger partial charge in [-0.25, -0.2) is 15.0 Å². The first-order valence-corrected chi connectivity index (χ1v) is 19.1. The lowest BCUT2D eigenvalue weighted by Gasteiger charge is -2.41. The van der Waals surface area contributed by atoms with Gasteiger partial charge in [0, 0.05) is 28.5 Å². The predicted molar refractivity (Wildman–Crippen MR) is 226 cm³/mol. The van der Waals surface area contributed by atoms with Gasteiger partial charge in [0.2, 0.25) is 0 Å². The molecule has 0 spiro atoms. The molecule has 0 N–H and O–H groups in total. The standard InChI is InChI=1S/C52H39N3/c1-34-16-6-11-26-45(34)52(47-27-12-9-22-42(47)43-23-10-13-28-48(43)52)46-29-15-24-40(35(46)2)37-30-32-39(33-31-37)50-53-49(38-18-4-3-5-19-38)54-51(55-50)44-25-14-20-36-17-7-8-21-41(36)44/h3-33,42,47H,1-2H3/t42-,47?,52?/m0/s1. The molecular weight excluding hydrogens is 667 g/mol. The molecule has 2 aliphatic rings. The molecule has 2 unspecified atom stereocenters. The maximum atomic E-state index is 5.11. The number of aryl methyl sites for hydroxylation is 1. The van der Waals surface area contributed by atoms with Crippen LogP contribution in [0.1, 0.15) is 39.3 Å². The molecule has 3 atom stereocenters. The van der Waals surface area contributed by atoms with E-state index >= 15 is 0 Å². The van der Waals surface area contributed by atoms with Gasteiger partial charge in [0.25, 0.3) is 0 Å². The van der Waals surface area contributed by atoms with Crippen molar-refractivity contribution in [2.75, 3.05) is 0 Å². The van der Waals surface area contributed by atoms with Crippen LogP contribution in [0.3, 0.4) is 0 Å². The highest BCUT2D eigenvalue weighted by Gasteiger charge is 2.53. The molecule has 7 aromatic carbocycles. The van der Waals surface area contributed by atoms with Crippen molar-refractivity contribution < 1.29 is 0 Å². The Morgan fingerprint density at radius 1 is 0.436 bits per heavy atom. The molecule has 55 heavy (non-hydrogen) atoms. The Morgan fingerprint density at radius 3 is 1.84 bits per heavy atom. The summed E-state index contributed by atoms with van der Waals surface area (Å²) in [6.45, 7) is 4.58. The van der Waals surface area contributed by atoms with Crippen LogP contribution in [0.25, 0.3) is 56.1 Å². The van der Waals surface area contributed by atoms with Crippen molar-refractivity contribution in [3.05, 3.63) is 221 Å². The lowest BCUT2D eigenvalue weighted by atomic mass is 9.61. The second-order valence-electron chi connectivity index (χ2n) is 14.8. The van der Waals surface area contributed by atoms with Crippen molar-refractivity contribution >= 4 is 10.8 Å². The van der Waals surface area contributed by atoms with E-state index in [9.17, 15) is 0 Å². The first-order valence-electron chi connectivity index (χ1n) is 19.1. The predicted octanol–water partition coefficient (Wildman–Crippen LogP) is 12.5. The zero-order valence-electron chi connectivity index (χ0n) is 30.9. The summed E-state index contributed by atoms with van der Waals surface area (Å²) < 4.78 is 0. The molecule has 3 nitrogen and oxygen atoms in total. The van der Waals surface area contributed by atoms with Crippen LogP contribution in [0, 0.1) is 19.8 Å². The zero-order chi connectivity index (χ0) is 36.9. The largest absolute Gasteiger partial charge is 0.208 e. The van der Waals surface area contributed by atoms with Gasteiger partial charge in [0.05, 0.1) is 5.41 Å². The second kappa shape index (κ2) is 13.3. The van der Waals surface area contributed by atoms with Gasteiger partial charge < -0.3 is 0 Å². The lowest BCUT2D eigenvalue weighted by Crippen LogP contribution is -2.36. The number of fused-ring (bicyclic) bond motifs is 4. The maximum Gasteiger partial charge on any atom is 0.164 e. The SMILES string of the molecule is Cc1ccccc1C1(c2cccc(-c3ccc(-c4nc(-c5ccccc5)nc(-c5cccc6ccccc56)n4)cc3)c2C)c2ccccc2[C@@H]2C=CC=CC21. The molecule has 10 rings (SSSR count). The first-order chi connectivity index (χ1) is 27.1. The number of allylic oxidation sites excluding steroid dienone is 4. The van der Waals surface area contributed by atoms with Crippen LogP contribution in [-0.4, -0.2) is 15.0 Å². The number of nitrogens with zero attached hydrogens (tertiary/aromatic N) is 3. The zero-order valence-corrected chi connectivity index (χ0v) is 30.9. The van der Waals surface area contributed by atoms with Gasteiger partial charge in [0.1, 0.15) is 0 Å². The highest BCUT2D eigenvalue weighted by molar-refractivity contribution is 5.95. The summed E-state index contributed by atoms with van der Waals surface area (Å²) >= 11 is 0. The van der Waals surface area contributed by atoms with Crippen LogP contribution in [0.5, 0.6) is 0 Å². The van der Waals surface area contributed by atoms with Gasteiger partial charge in [-0.2, -0.15) is 0 Å². The Balaban J connectivity index is 1.11. The number of hydrogen-bond acceptors (Lipinski definition) is 3. The minimum atomic E-state index is -0.343. The Hall–Kier alpha value is -6.71. The monoisotopic (exact) mass is 705 g/mol. The van der Waals surface area contributed by atoms with Crippen molar-refractivity contribution in [2.24, 2.45) is 5.92 Å². The summed E-state index contributed by atoms with van der Waals surface area (Å²) in [4.78, 5) is 15.2. The molecule has 1 heterocycles. The minimum Gasteiger partial charge on any atom is -0.208 e. The topological polar surface area (TPSA) is 38.7 Å². The second-order valence-corrected chi connectivity index (χ2v) is 14.8. The van der Waals surface area contributed by atoms with Gasteiger partial charge in [0.15, 0.2) is 17.5 Å². The normalized spacial score (nSPS) is 18.3. The van der Waals surface area contributed by atoms with Crippen molar-refractivity contribution in [1.29, 1.82) is 0 Å². The fourth-order valence-electron chi connectivity index (χ4n) is 9.39. The fraction of sp³-hybridized carbons (Fsp3) is 0.0962. The van der Waals surface area contributed by atoms with Crippen LogP contribution >= 0.6 is 0 Å². The number of aromatic nitrogens is 3. The molecule has 0 radical (unpaired) electrons. The molecule has 8 aromatic rings. The Bertz CT molecular complexity index is 2790. The van der Waals surface area contributed by atoms with Crippen LogP contribution in [0.15, 0.2) is 188 Å². The fourth-order valence-corrected chi connectivity index (χ4v) is 9.39. The van der Waals surface area contributed by atoms with E-state index in [2.05, 4.69) is 184 Å². The summed E-state index contributed by atoms with van der Waals surface area (Å²) in [6, 6.07) is 58.6. The molecule has 0 aliphatic heterocycles. The number of benzene rings is 7. The third-order valence-corrected chi connectivity index (χ3v) is 11.9. The van der Waals surface area contributed by atoms with Gasteiger partial charge in [-0.05, 0) is 69.1 Å². The van der Waals surface area contributed by atoms with Crippen molar-refractivity contribution in [2.45, 2.75) is 25.2 Å². The molecule has 262 valence electrons. The molecule has 0 amide bonds. The van der Waals surface area contributed by atoms with Crippen molar-refractivity contribution in [1.82, 2.24) is 15.0 Å². The summed E-state index contributed by atoms with van der Waals surface area (Å²) in [6.07, 6.45) is 9.31. The quantitative estimate of drug-likeness (QED) is 0.173. The summed E-state index contributed by atoms with van der Waals surface area (Å²) in [5, 5.41) is 2.27. The van der Waals surface area contributed by atoms with E-state index < -0.39 is 0 Å². The molecular formula is C52H39N3. The van der Waals surface area contributed by atoms with Gasteiger partial charge in [-0.1, -0.05) is 188 Å². The summed E-state index contributed by atoms with van der Waals surface area (Å²) in [7, 11) is 0. The van der Waals surface area contributed by atoms with Gasteiger partial charge in [-0.15, -0.1) is 0 Å². The van der Waals surface area contributed by atoms with E-state index in [0.29, 0.717) is 23.4 Å². The molecule has 0 fully saturated rings. The summed E-state index contributed by atoms with van der Waals surface area (Å²) in [5.41, 5.74) is 13.1. The van der Waals surface area contributed by atoms with E-state index in [0.717, 1.165) is 33.0 Å². The molecule has 3 heteroatoms. The molecule has 0 saturated carbocycles. The Kier molecular flexibility index (Phi) is 7.96. The van der Waals surface area contributed by atoms with Crippen LogP contribution in [0.2, 0.25) is 0 Å². The van der Waals surface area contributed by atoms with Crippen molar-refractivity contribution in [3.8, 4) is 45.3 Å². The molecule has 2 aliphatic carbocycles. The first kappa shape index (κ1) is 32.9.